The number of rotatable bonds is 7. The van der Waals surface area contributed by atoms with E-state index in [1.807, 2.05) is 0 Å². The van der Waals surface area contributed by atoms with Gasteiger partial charge in [-0.05, 0) is 42.0 Å². The minimum atomic E-state index is -0.0216. The molecular formula is C26H27NO. The van der Waals surface area contributed by atoms with Crippen molar-refractivity contribution in [1.29, 1.82) is 0 Å². The molecule has 2 heteroatoms. The van der Waals surface area contributed by atoms with Gasteiger partial charge < -0.3 is 4.57 Å². The van der Waals surface area contributed by atoms with Crippen molar-refractivity contribution in [2.24, 2.45) is 0 Å². The van der Waals surface area contributed by atoms with Crippen LogP contribution in [0.3, 0.4) is 0 Å². The number of fused-ring (bicyclic) bond motifs is 3. The quantitative estimate of drug-likeness (QED) is 0.355. The van der Waals surface area contributed by atoms with E-state index in [2.05, 4.69) is 84.4 Å². The first-order chi connectivity index (χ1) is 13.7. The molecule has 0 N–H and O–H groups in total. The van der Waals surface area contributed by atoms with Gasteiger partial charge in [-0.2, -0.15) is 0 Å². The number of carbonyl (C=O) groups excluding carboxylic acids is 1. The summed E-state index contributed by atoms with van der Waals surface area (Å²) >= 11 is 0. The Hall–Kier alpha value is -2.87. The first kappa shape index (κ1) is 18.5. The number of ketones is 1. The molecule has 1 aromatic heterocycles. The third-order valence-corrected chi connectivity index (χ3v) is 5.71. The zero-order chi connectivity index (χ0) is 19.5. The van der Waals surface area contributed by atoms with E-state index in [1.165, 1.54) is 32.8 Å². The Balaban J connectivity index is 1.89. The lowest BCUT2D eigenvalue weighted by molar-refractivity contribution is -0.118. The summed E-state index contributed by atoms with van der Waals surface area (Å²) in [6.07, 6.45) is 5.28. The summed E-state index contributed by atoms with van der Waals surface area (Å²) in [6.45, 7) is 4.77. The molecule has 0 spiro atoms. The highest BCUT2D eigenvalue weighted by Gasteiger charge is 2.21. The van der Waals surface area contributed by atoms with Crippen LogP contribution in [0.4, 0.5) is 0 Å². The van der Waals surface area contributed by atoms with Crippen molar-refractivity contribution in [1.82, 2.24) is 4.57 Å². The largest absolute Gasteiger partial charge is 0.343 e. The predicted octanol–water partition coefficient (Wildman–Crippen LogP) is 6.71. The van der Waals surface area contributed by atoms with Gasteiger partial charge in [-0.1, -0.05) is 74.4 Å². The standard InChI is InChI=1S/C26H27NO/c1-3-4-12-22(19(2)28)25-17-21-15-16-27(18-20-10-6-5-7-11-20)26(21)24-14-9-8-13-23(24)25/h5-11,13-17,22H,3-4,12,18H2,1-2H3. The number of aromatic nitrogens is 1. The van der Waals surface area contributed by atoms with Crippen LogP contribution in [0.25, 0.3) is 21.7 Å². The Morgan fingerprint density at radius 1 is 0.964 bits per heavy atom. The average molecular weight is 370 g/mol. The first-order valence-corrected chi connectivity index (χ1v) is 10.2. The molecule has 0 saturated heterocycles. The maximum absolute atomic E-state index is 12.5. The third-order valence-electron chi connectivity index (χ3n) is 5.71. The van der Waals surface area contributed by atoms with Crippen molar-refractivity contribution < 1.29 is 4.79 Å². The molecule has 0 saturated carbocycles. The summed E-state index contributed by atoms with van der Waals surface area (Å²) in [5.74, 6) is 0.244. The fraction of sp³-hybridized carbons (Fsp3) is 0.269. The molecule has 2 nitrogen and oxygen atoms in total. The van der Waals surface area contributed by atoms with Crippen LogP contribution in [0, 0.1) is 0 Å². The highest BCUT2D eigenvalue weighted by atomic mass is 16.1. The number of Topliss-reactive ketones (excluding diaryl/α,β-unsaturated/α-hetero) is 1. The van der Waals surface area contributed by atoms with Crippen molar-refractivity contribution in [3.8, 4) is 0 Å². The SMILES string of the molecule is CCCCC(C(C)=O)c1cc2ccn(Cc3ccccc3)c2c2ccccc12. The topological polar surface area (TPSA) is 22.0 Å². The van der Waals surface area contributed by atoms with Gasteiger partial charge in [-0.15, -0.1) is 0 Å². The minimum absolute atomic E-state index is 0.0216. The second-order valence-electron chi connectivity index (χ2n) is 7.68. The Bertz CT molecular complexity index is 1110. The maximum Gasteiger partial charge on any atom is 0.137 e. The summed E-state index contributed by atoms with van der Waals surface area (Å²) in [7, 11) is 0. The normalized spacial score (nSPS) is 12.5. The number of nitrogens with zero attached hydrogens (tertiary/aromatic N) is 1. The van der Waals surface area contributed by atoms with E-state index in [-0.39, 0.29) is 11.7 Å². The molecule has 1 atom stereocenters. The number of hydrogen-bond acceptors (Lipinski definition) is 1. The van der Waals surface area contributed by atoms with Crippen molar-refractivity contribution >= 4 is 27.5 Å². The van der Waals surface area contributed by atoms with Gasteiger partial charge in [0.15, 0.2) is 0 Å². The molecule has 1 heterocycles. The van der Waals surface area contributed by atoms with E-state index in [0.717, 1.165) is 25.8 Å². The molecule has 28 heavy (non-hydrogen) atoms. The highest BCUT2D eigenvalue weighted by Crippen LogP contribution is 2.36. The average Bonchev–Trinajstić information content (AvgIpc) is 3.11. The Labute approximate surface area is 166 Å². The molecule has 0 aliphatic carbocycles. The van der Waals surface area contributed by atoms with Gasteiger partial charge in [0, 0.05) is 29.4 Å². The highest BCUT2D eigenvalue weighted by molar-refractivity contribution is 6.09. The molecule has 0 aliphatic rings. The van der Waals surface area contributed by atoms with E-state index in [0.29, 0.717) is 0 Å². The lowest BCUT2D eigenvalue weighted by atomic mass is 9.86. The molecule has 0 bridgehead atoms. The van der Waals surface area contributed by atoms with Crippen molar-refractivity contribution in [3.05, 3.63) is 84.1 Å². The van der Waals surface area contributed by atoms with E-state index < -0.39 is 0 Å². The van der Waals surface area contributed by atoms with E-state index in [1.54, 1.807) is 6.92 Å². The molecule has 3 aromatic carbocycles. The number of unbranched alkanes of at least 4 members (excludes halogenated alkanes) is 1. The zero-order valence-electron chi connectivity index (χ0n) is 16.7. The Kier molecular flexibility index (Phi) is 5.29. The summed E-state index contributed by atoms with van der Waals surface area (Å²) in [5.41, 5.74) is 3.72. The number of benzene rings is 3. The van der Waals surface area contributed by atoms with Gasteiger partial charge in [0.1, 0.15) is 5.78 Å². The molecule has 0 fully saturated rings. The fourth-order valence-corrected chi connectivity index (χ4v) is 4.29. The number of carbonyl (C=O) groups is 1. The Morgan fingerprint density at radius 2 is 1.68 bits per heavy atom. The summed E-state index contributed by atoms with van der Waals surface area (Å²) in [4.78, 5) is 12.5. The number of hydrogen-bond donors (Lipinski definition) is 0. The van der Waals surface area contributed by atoms with Crippen LogP contribution >= 0.6 is 0 Å². The van der Waals surface area contributed by atoms with Crippen LogP contribution < -0.4 is 0 Å². The van der Waals surface area contributed by atoms with Crippen molar-refractivity contribution in [2.75, 3.05) is 0 Å². The van der Waals surface area contributed by atoms with E-state index in [4.69, 9.17) is 0 Å². The molecule has 0 aliphatic heterocycles. The molecule has 0 radical (unpaired) electrons. The molecule has 1 unspecified atom stereocenters. The van der Waals surface area contributed by atoms with Crippen LogP contribution in [-0.4, -0.2) is 10.4 Å². The lowest BCUT2D eigenvalue weighted by Gasteiger charge is -2.18. The smallest absolute Gasteiger partial charge is 0.137 e. The third kappa shape index (κ3) is 3.47. The lowest BCUT2D eigenvalue weighted by Crippen LogP contribution is -2.10. The minimum Gasteiger partial charge on any atom is -0.343 e. The van der Waals surface area contributed by atoms with Gasteiger partial charge in [-0.25, -0.2) is 0 Å². The molecular weight excluding hydrogens is 342 g/mol. The van der Waals surface area contributed by atoms with Crippen LogP contribution in [0.2, 0.25) is 0 Å². The maximum atomic E-state index is 12.5. The summed E-state index contributed by atoms with van der Waals surface area (Å²) < 4.78 is 2.32. The molecule has 142 valence electrons. The predicted molar refractivity (Wildman–Crippen MR) is 118 cm³/mol. The van der Waals surface area contributed by atoms with Crippen molar-refractivity contribution in [3.63, 3.8) is 0 Å². The van der Waals surface area contributed by atoms with Gasteiger partial charge in [0.2, 0.25) is 0 Å². The zero-order valence-corrected chi connectivity index (χ0v) is 16.7. The van der Waals surface area contributed by atoms with Gasteiger partial charge in [0.05, 0.1) is 5.52 Å². The first-order valence-electron chi connectivity index (χ1n) is 10.2. The monoisotopic (exact) mass is 369 g/mol. The van der Waals surface area contributed by atoms with Crippen LogP contribution in [0.15, 0.2) is 72.9 Å². The van der Waals surface area contributed by atoms with Crippen LogP contribution in [0.1, 0.15) is 50.2 Å². The summed E-state index contributed by atoms with van der Waals surface area (Å²) in [6, 6.07) is 23.5. The second-order valence-corrected chi connectivity index (χ2v) is 7.68. The van der Waals surface area contributed by atoms with Crippen molar-refractivity contribution in [2.45, 2.75) is 45.6 Å². The Morgan fingerprint density at radius 3 is 2.39 bits per heavy atom. The van der Waals surface area contributed by atoms with E-state index in [9.17, 15) is 4.79 Å². The second kappa shape index (κ2) is 8.02. The van der Waals surface area contributed by atoms with Crippen LogP contribution in [-0.2, 0) is 11.3 Å². The molecule has 4 rings (SSSR count). The van der Waals surface area contributed by atoms with Crippen LogP contribution in [0.5, 0.6) is 0 Å². The molecule has 0 amide bonds. The fourth-order valence-electron chi connectivity index (χ4n) is 4.29. The van der Waals surface area contributed by atoms with Gasteiger partial charge in [0.25, 0.3) is 0 Å². The van der Waals surface area contributed by atoms with E-state index >= 15 is 0 Å². The summed E-state index contributed by atoms with van der Waals surface area (Å²) in [5, 5.41) is 3.66. The molecule has 4 aromatic rings. The van der Waals surface area contributed by atoms with Gasteiger partial charge >= 0.3 is 0 Å². The van der Waals surface area contributed by atoms with Gasteiger partial charge in [-0.3, -0.25) is 4.79 Å².